The highest BCUT2D eigenvalue weighted by Crippen LogP contribution is 2.48. The molecular formula is C26H28IN9O2. The number of methoxy groups -OCH3 is 1. The minimum Gasteiger partial charge on any atom is -0.383 e. The molecule has 3 N–H and O–H groups in total. The molecule has 38 heavy (non-hydrogen) atoms. The van der Waals surface area contributed by atoms with Crippen LogP contribution in [-0.4, -0.2) is 59.9 Å². The van der Waals surface area contributed by atoms with Crippen LogP contribution < -0.4 is 5.73 Å². The number of benzene rings is 1. The molecule has 5 aromatic rings. The Bertz CT molecular complexity index is 1520. The smallest absolute Gasteiger partial charge is 0.165 e. The Morgan fingerprint density at radius 1 is 1.16 bits per heavy atom. The number of aromatic nitrogens is 8. The average Bonchev–Trinajstić information content (AvgIpc) is 3.71. The van der Waals surface area contributed by atoms with Crippen LogP contribution in [0.2, 0.25) is 0 Å². The second kappa shape index (κ2) is 10.4. The number of H-pyrrole nitrogens is 1. The van der Waals surface area contributed by atoms with Crippen LogP contribution in [0.5, 0.6) is 0 Å². The van der Waals surface area contributed by atoms with Crippen molar-refractivity contribution >= 4 is 34.1 Å². The van der Waals surface area contributed by atoms with E-state index >= 15 is 0 Å². The Morgan fingerprint density at radius 3 is 2.71 bits per heavy atom. The highest BCUT2D eigenvalue weighted by atomic mass is 127. The highest BCUT2D eigenvalue weighted by molar-refractivity contribution is 14.1. The fraction of sp³-hybridized carbons (Fsp3) is 0.346. The Balaban J connectivity index is 1.47. The van der Waals surface area contributed by atoms with Gasteiger partial charge in [-0.2, -0.15) is 10.2 Å². The molecule has 1 aliphatic carbocycles. The summed E-state index contributed by atoms with van der Waals surface area (Å²) in [7, 11) is 1.68. The number of nitrogens with zero attached hydrogens (tertiary/aromatic N) is 7. The number of rotatable bonds is 8. The summed E-state index contributed by atoms with van der Waals surface area (Å²) in [5.41, 5.74) is 9.91. The standard InChI is InChI=1S/C26H28IN9O2/c1-37-11-12-38-26(9-7-17(8-10-26)24-29-16-30-33-24)22-21(25-32-23(28)20(27)15-36(25)34-22)18-13-31-35(14-18)19-5-3-2-4-6-19/h2-6,13-17H,7-12H2,1H3,(H2,28,32)(H,29,30,33). The maximum atomic E-state index is 6.67. The summed E-state index contributed by atoms with van der Waals surface area (Å²) < 4.78 is 16.5. The largest absolute Gasteiger partial charge is 0.383 e. The summed E-state index contributed by atoms with van der Waals surface area (Å²) in [5.74, 6) is 1.66. The topological polar surface area (TPSA) is 134 Å². The van der Waals surface area contributed by atoms with E-state index in [0.29, 0.717) is 24.7 Å². The van der Waals surface area contributed by atoms with Crippen LogP contribution in [0.15, 0.2) is 55.2 Å². The third-order valence-electron chi connectivity index (χ3n) is 7.20. The number of ether oxygens (including phenoxy) is 2. The molecule has 12 heteroatoms. The number of para-hydroxylation sites is 1. The Hall–Kier alpha value is -3.36. The van der Waals surface area contributed by atoms with Crippen LogP contribution >= 0.6 is 22.6 Å². The first kappa shape index (κ1) is 24.9. The van der Waals surface area contributed by atoms with Gasteiger partial charge in [-0.05, 0) is 60.4 Å². The van der Waals surface area contributed by atoms with Gasteiger partial charge < -0.3 is 20.2 Å². The number of hydrogen-bond donors (Lipinski definition) is 2. The van der Waals surface area contributed by atoms with Crippen molar-refractivity contribution in [3.63, 3.8) is 0 Å². The molecule has 0 radical (unpaired) electrons. The molecule has 1 aliphatic rings. The van der Waals surface area contributed by atoms with Crippen molar-refractivity contribution < 1.29 is 9.47 Å². The van der Waals surface area contributed by atoms with Crippen molar-refractivity contribution in [3.8, 4) is 16.8 Å². The first-order valence-electron chi connectivity index (χ1n) is 12.5. The van der Waals surface area contributed by atoms with Crippen LogP contribution in [0.1, 0.15) is 43.1 Å². The van der Waals surface area contributed by atoms with Gasteiger partial charge in [-0.25, -0.2) is 14.2 Å². The molecule has 4 aromatic heterocycles. The zero-order chi connectivity index (χ0) is 26.1. The number of anilines is 1. The minimum absolute atomic E-state index is 0.285. The SMILES string of the molecule is COCCOC1(c2nn3cc(I)c(N)nc3c2-c2cnn(-c3ccccc3)c2)CCC(c2nnc[nH]2)CC1. The van der Waals surface area contributed by atoms with Crippen molar-refractivity contribution in [2.75, 3.05) is 26.1 Å². The zero-order valence-corrected chi connectivity index (χ0v) is 23.1. The van der Waals surface area contributed by atoms with Gasteiger partial charge in [-0.3, -0.25) is 0 Å². The van der Waals surface area contributed by atoms with E-state index in [4.69, 9.17) is 25.3 Å². The molecule has 196 valence electrons. The number of nitrogen functional groups attached to an aromatic ring is 1. The summed E-state index contributed by atoms with van der Waals surface area (Å²) >= 11 is 2.19. The lowest BCUT2D eigenvalue weighted by atomic mass is 9.75. The lowest BCUT2D eigenvalue weighted by molar-refractivity contribution is -0.0949. The first-order valence-corrected chi connectivity index (χ1v) is 13.6. The fourth-order valence-corrected chi connectivity index (χ4v) is 5.65. The van der Waals surface area contributed by atoms with Gasteiger partial charge in [0.15, 0.2) is 5.65 Å². The predicted molar refractivity (Wildman–Crippen MR) is 150 cm³/mol. The highest BCUT2D eigenvalue weighted by Gasteiger charge is 2.43. The molecule has 0 saturated heterocycles. The molecule has 0 aliphatic heterocycles. The van der Waals surface area contributed by atoms with Crippen molar-refractivity contribution in [3.05, 3.63) is 70.3 Å². The van der Waals surface area contributed by atoms with E-state index < -0.39 is 5.60 Å². The minimum atomic E-state index is -0.632. The molecule has 0 unspecified atom stereocenters. The molecular weight excluding hydrogens is 597 g/mol. The van der Waals surface area contributed by atoms with Crippen LogP contribution in [0.3, 0.4) is 0 Å². The molecule has 1 saturated carbocycles. The summed E-state index contributed by atoms with van der Waals surface area (Å²) in [6.45, 7) is 0.943. The van der Waals surface area contributed by atoms with E-state index in [9.17, 15) is 0 Å². The number of aromatic amines is 1. The summed E-state index contributed by atoms with van der Waals surface area (Å²) in [4.78, 5) is 7.94. The van der Waals surface area contributed by atoms with Gasteiger partial charge >= 0.3 is 0 Å². The third kappa shape index (κ3) is 4.56. The first-order chi connectivity index (χ1) is 18.6. The van der Waals surface area contributed by atoms with Gasteiger partial charge in [0.1, 0.15) is 29.3 Å². The molecule has 4 heterocycles. The van der Waals surface area contributed by atoms with Crippen molar-refractivity contribution in [2.45, 2.75) is 37.2 Å². The van der Waals surface area contributed by atoms with Gasteiger partial charge in [0.25, 0.3) is 0 Å². The van der Waals surface area contributed by atoms with Crippen molar-refractivity contribution in [1.29, 1.82) is 0 Å². The molecule has 1 fully saturated rings. The van der Waals surface area contributed by atoms with Gasteiger partial charge in [0.05, 0.1) is 34.2 Å². The van der Waals surface area contributed by atoms with E-state index in [2.05, 4.69) is 42.9 Å². The molecule has 0 bridgehead atoms. The molecule has 0 spiro atoms. The number of fused-ring (bicyclic) bond motifs is 1. The molecule has 0 amide bonds. The molecule has 6 rings (SSSR count). The second-order valence-corrected chi connectivity index (χ2v) is 10.6. The number of hydrogen-bond acceptors (Lipinski definition) is 8. The van der Waals surface area contributed by atoms with Crippen LogP contribution in [0, 0.1) is 3.57 Å². The predicted octanol–water partition coefficient (Wildman–Crippen LogP) is 4.10. The third-order valence-corrected chi connectivity index (χ3v) is 8.03. The summed E-state index contributed by atoms with van der Waals surface area (Å²) in [5, 5.41) is 18.0. The molecule has 1 aromatic carbocycles. The maximum Gasteiger partial charge on any atom is 0.165 e. The van der Waals surface area contributed by atoms with Crippen LogP contribution in [-0.2, 0) is 15.1 Å². The summed E-state index contributed by atoms with van der Waals surface area (Å²) in [6, 6.07) is 10.0. The van der Waals surface area contributed by atoms with E-state index in [-0.39, 0.29) is 5.92 Å². The normalized spacial score (nSPS) is 19.8. The number of halogens is 1. The lowest BCUT2D eigenvalue weighted by Gasteiger charge is -2.39. The lowest BCUT2D eigenvalue weighted by Crippen LogP contribution is -2.36. The number of nitrogens with two attached hydrogens (primary N) is 1. The quantitative estimate of drug-likeness (QED) is 0.195. The Labute approximate surface area is 232 Å². The molecule has 0 atom stereocenters. The van der Waals surface area contributed by atoms with Gasteiger partial charge in [-0.15, -0.1) is 10.2 Å². The van der Waals surface area contributed by atoms with Crippen molar-refractivity contribution in [2.24, 2.45) is 0 Å². The maximum absolute atomic E-state index is 6.67. The van der Waals surface area contributed by atoms with Gasteiger partial charge in [0, 0.05) is 31.0 Å². The molecule has 11 nitrogen and oxygen atoms in total. The Kier molecular flexibility index (Phi) is 6.84. The zero-order valence-electron chi connectivity index (χ0n) is 20.9. The van der Waals surface area contributed by atoms with E-state index in [1.165, 1.54) is 0 Å². The average molecular weight is 625 g/mol. The van der Waals surface area contributed by atoms with Gasteiger partial charge in [0.2, 0.25) is 0 Å². The van der Waals surface area contributed by atoms with Crippen molar-refractivity contribution in [1.82, 2.24) is 39.6 Å². The monoisotopic (exact) mass is 625 g/mol. The van der Waals surface area contributed by atoms with E-state index in [1.54, 1.807) is 13.4 Å². The van der Waals surface area contributed by atoms with E-state index in [1.807, 2.05) is 58.1 Å². The number of nitrogens with one attached hydrogen (secondary N) is 1. The van der Waals surface area contributed by atoms with Crippen LogP contribution in [0.4, 0.5) is 5.82 Å². The fourth-order valence-electron chi connectivity index (χ4n) is 5.26. The summed E-state index contributed by atoms with van der Waals surface area (Å²) in [6.07, 6.45) is 10.7. The Morgan fingerprint density at radius 2 is 1.97 bits per heavy atom. The van der Waals surface area contributed by atoms with Crippen LogP contribution in [0.25, 0.3) is 22.5 Å². The van der Waals surface area contributed by atoms with E-state index in [0.717, 1.165) is 57.6 Å². The second-order valence-electron chi connectivity index (χ2n) is 9.46. The van der Waals surface area contributed by atoms with Gasteiger partial charge in [-0.1, -0.05) is 18.2 Å².